The largest absolute Gasteiger partial charge is 0.324 e. The van der Waals surface area contributed by atoms with Crippen LogP contribution in [0.2, 0.25) is 0 Å². The van der Waals surface area contributed by atoms with E-state index in [1.165, 1.54) is 29.5 Å². The molecule has 1 aromatic carbocycles. The number of hydrogen-bond donors (Lipinski definition) is 1. The van der Waals surface area contributed by atoms with E-state index in [9.17, 15) is 4.79 Å². The van der Waals surface area contributed by atoms with Crippen LogP contribution in [0.15, 0.2) is 54.4 Å². The molecule has 2 amide bonds. The van der Waals surface area contributed by atoms with Gasteiger partial charge < -0.3 is 10.2 Å². The second-order valence-electron chi connectivity index (χ2n) is 7.43. The van der Waals surface area contributed by atoms with Crippen molar-refractivity contribution in [3.8, 4) is 0 Å². The van der Waals surface area contributed by atoms with E-state index < -0.39 is 0 Å². The molecular weight excluding hydrogens is 322 g/mol. The number of benzene rings is 1. The number of nitrogens with one attached hydrogen (secondary N) is 1. The molecule has 4 heteroatoms. The van der Waals surface area contributed by atoms with Crippen LogP contribution in [0.4, 0.5) is 10.5 Å². The maximum atomic E-state index is 12.5. The van der Waals surface area contributed by atoms with E-state index in [-0.39, 0.29) is 6.03 Å². The number of anilines is 1. The Bertz CT molecular complexity index is 811. The Hall–Kier alpha value is -2.62. The first kappa shape index (κ1) is 16.8. The quantitative estimate of drug-likeness (QED) is 0.857. The second kappa shape index (κ2) is 7.32. The van der Waals surface area contributed by atoms with Gasteiger partial charge in [0.05, 0.1) is 11.9 Å². The van der Waals surface area contributed by atoms with Crippen molar-refractivity contribution in [3.05, 3.63) is 65.5 Å². The van der Waals surface area contributed by atoms with Crippen molar-refractivity contribution in [2.24, 2.45) is 5.92 Å². The van der Waals surface area contributed by atoms with Crippen LogP contribution in [0.25, 0.3) is 6.08 Å². The molecular formula is C22H25N3O. The molecule has 2 fully saturated rings. The highest BCUT2D eigenvalue weighted by Crippen LogP contribution is 2.40. The molecule has 4 rings (SSSR count). The Kier molecular flexibility index (Phi) is 4.74. The zero-order chi connectivity index (χ0) is 17.9. The molecule has 0 spiro atoms. The third-order valence-electron chi connectivity index (χ3n) is 5.31. The highest BCUT2D eigenvalue weighted by molar-refractivity contribution is 5.89. The molecule has 0 bridgehead atoms. The number of carbonyl (C=O) groups is 1. The lowest BCUT2D eigenvalue weighted by Gasteiger charge is -2.33. The predicted molar refractivity (Wildman–Crippen MR) is 105 cm³/mol. The maximum Gasteiger partial charge on any atom is 0.321 e. The molecule has 1 saturated heterocycles. The third kappa shape index (κ3) is 3.96. The lowest BCUT2D eigenvalue weighted by molar-refractivity contribution is 0.198. The SMILES string of the molecule is CC1CN(C(=O)Nc2cccnc2)CCC1=Cc1cccc(C2CC2)c1. The zero-order valence-corrected chi connectivity index (χ0v) is 15.2. The van der Waals surface area contributed by atoms with E-state index >= 15 is 0 Å². The predicted octanol–water partition coefficient (Wildman–Crippen LogP) is 4.92. The van der Waals surface area contributed by atoms with Crippen LogP contribution in [-0.4, -0.2) is 29.0 Å². The molecule has 2 aromatic rings. The number of aromatic nitrogens is 1. The van der Waals surface area contributed by atoms with Crippen molar-refractivity contribution in [1.82, 2.24) is 9.88 Å². The maximum absolute atomic E-state index is 12.5. The number of carbonyl (C=O) groups excluding carboxylic acids is 1. The Morgan fingerprint density at radius 1 is 1.27 bits per heavy atom. The van der Waals surface area contributed by atoms with Crippen molar-refractivity contribution in [1.29, 1.82) is 0 Å². The van der Waals surface area contributed by atoms with Crippen molar-refractivity contribution in [3.63, 3.8) is 0 Å². The average molecular weight is 347 g/mol. The monoisotopic (exact) mass is 347 g/mol. The molecule has 1 aliphatic heterocycles. The summed E-state index contributed by atoms with van der Waals surface area (Å²) < 4.78 is 0. The zero-order valence-electron chi connectivity index (χ0n) is 15.2. The van der Waals surface area contributed by atoms with Crippen LogP contribution < -0.4 is 5.32 Å². The van der Waals surface area contributed by atoms with Crippen LogP contribution >= 0.6 is 0 Å². The van der Waals surface area contributed by atoms with Gasteiger partial charge in [0.25, 0.3) is 0 Å². The van der Waals surface area contributed by atoms with Gasteiger partial charge >= 0.3 is 6.03 Å². The normalized spacial score (nSPS) is 21.7. The summed E-state index contributed by atoms with van der Waals surface area (Å²) in [6, 6.07) is 12.6. The van der Waals surface area contributed by atoms with Gasteiger partial charge in [-0.2, -0.15) is 0 Å². The van der Waals surface area contributed by atoms with Crippen LogP contribution in [0.3, 0.4) is 0 Å². The lowest BCUT2D eigenvalue weighted by atomic mass is 9.91. The van der Waals surface area contributed by atoms with E-state index in [1.807, 2.05) is 17.0 Å². The van der Waals surface area contributed by atoms with E-state index in [0.29, 0.717) is 5.92 Å². The van der Waals surface area contributed by atoms with Gasteiger partial charge in [0, 0.05) is 19.3 Å². The number of hydrogen-bond acceptors (Lipinski definition) is 2. The number of likely N-dealkylation sites (tertiary alicyclic amines) is 1. The smallest absolute Gasteiger partial charge is 0.321 e. The molecule has 2 heterocycles. The minimum Gasteiger partial charge on any atom is -0.324 e. The van der Waals surface area contributed by atoms with Gasteiger partial charge in [-0.25, -0.2) is 4.79 Å². The summed E-state index contributed by atoms with van der Waals surface area (Å²) in [5.74, 6) is 1.15. The van der Waals surface area contributed by atoms with Crippen molar-refractivity contribution in [2.75, 3.05) is 18.4 Å². The fraction of sp³-hybridized carbons (Fsp3) is 0.364. The minimum absolute atomic E-state index is 0.0420. The van der Waals surface area contributed by atoms with Gasteiger partial charge in [-0.3, -0.25) is 4.98 Å². The molecule has 1 N–H and O–H groups in total. The Morgan fingerprint density at radius 3 is 2.88 bits per heavy atom. The van der Waals surface area contributed by atoms with E-state index in [1.54, 1.807) is 12.4 Å². The lowest BCUT2D eigenvalue weighted by Crippen LogP contribution is -2.42. The fourth-order valence-electron chi connectivity index (χ4n) is 3.62. The molecule has 26 heavy (non-hydrogen) atoms. The van der Waals surface area contributed by atoms with Crippen molar-refractivity contribution < 1.29 is 4.79 Å². The molecule has 1 aliphatic carbocycles. The van der Waals surface area contributed by atoms with Gasteiger partial charge in [0.1, 0.15) is 0 Å². The average Bonchev–Trinajstić information content (AvgIpc) is 3.50. The molecule has 4 nitrogen and oxygen atoms in total. The fourth-order valence-corrected chi connectivity index (χ4v) is 3.62. The summed E-state index contributed by atoms with van der Waals surface area (Å²) in [6.07, 6.45) is 9.29. The summed E-state index contributed by atoms with van der Waals surface area (Å²) in [4.78, 5) is 18.4. The summed E-state index contributed by atoms with van der Waals surface area (Å²) >= 11 is 0. The van der Waals surface area contributed by atoms with Gasteiger partial charge in [0.15, 0.2) is 0 Å². The summed E-state index contributed by atoms with van der Waals surface area (Å²) in [5, 5.41) is 2.93. The molecule has 1 unspecified atom stereocenters. The van der Waals surface area contributed by atoms with Crippen LogP contribution in [0.1, 0.15) is 43.2 Å². The van der Waals surface area contributed by atoms with E-state index in [4.69, 9.17) is 0 Å². The molecule has 0 radical (unpaired) electrons. The van der Waals surface area contributed by atoms with E-state index in [0.717, 1.165) is 31.1 Å². The Balaban J connectivity index is 1.40. The third-order valence-corrected chi connectivity index (χ3v) is 5.31. The summed E-state index contributed by atoms with van der Waals surface area (Å²) in [6.45, 7) is 3.71. The number of piperidine rings is 1. The topological polar surface area (TPSA) is 45.2 Å². The first-order chi connectivity index (χ1) is 12.7. The van der Waals surface area contributed by atoms with Gasteiger partial charge in [-0.05, 0) is 54.4 Å². The van der Waals surface area contributed by atoms with Crippen LogP contribution in [0, 0.1) is 5.92 Å². The highest BCUT2D eigenvalue weighted by Gasteiger charge is 2.25. The first-order valence-electron chi connectivity index (χ1n) is 9.45. The summed E-state index contributed by atoms with van der Waals surface area (Å²) in [5.41, 5.74) is 4.94. The second-order valence-corrected chi connectivity index (χ2v) is 7.43. The summed E-state index contributed by atoms with van der Waals surface area (Å²) in [7, 11) is 0. The minimum atomic E-state index is -0.0420. The Labute approximate surface area is 154 Å². The van der Waals surface area contributed by atoms with Crippen molar-refractivity contribution >= 4 is 17.8 Å². The van der Waals surface area contributed by atoms with Crippen molar-refractivity contribution in [2.45, 2.75) is 32.1 Å². The molecule has 134 valence electrons. The molecule has 1 saturated carbocycles. The van der Waals surface area contributed by atoms with Gasteiger partial charge in [-0.15, -0.1) is 0 Å². The number of nitrogens with zero attached hydrogens (tertiary/aromatic N) is 2. The number of pyridine rings is 1. The molecule has 1 aromatic heterocycles. The van der Waals surface area contributed by atoms with Gasteiger partial charge in [-0.1, -0.05) is 42.8 Å². The highest BCUT2D eigenvalue weighted by atomic mass is 16.2. The first-order valence-corrected chi connectivity index (χ1v) is 9.45. The number of rotatable bonds is 3. The van der Waals surface area contributed by atoms with E-state index in [2.05, 4.69) is 47.6 Å². The molecule has 1 atom stereocenters. The number of urea groups is 1. The number of amides is 2. The molecule has 2 aliphatic rings. The van der Waals surface area contributed by atoms with Crippen LogP contribution in [0.5, 0.6) is 0 Å². The van der Waals surface area contributed by atoms with Crippen LogP contribution in [-0.2, 0) is 0 Å². The standard InChI is InChI=1S/C22H25N3O/c1-16-15-25(22(26)24-21-6-3-10-23-14-21)11-9-19(16)12-17-4-2-5-20(13-17)18-7-8-18/h2-6,10,12-14,16,18H,7-9,11,15H2,1H3,(H,24,26). The van der Waals surface area contributed by atoms with Gasteiger partial charge in [0.2, 0.25) is 0 Å². The Morgan fingerprint density at radius 2 is 2.15 bits per heavy atom.